The molecule has 152 valence electrons. The number of sulfonamides is 1. The summed E-state index contributed by atoms with van der Waals surface area (Å²) in [5.41, 5.74) is 2.53. The van der Waals surface area contributed by atoms with Crippen LogP contribution in [0.5, 0.6) is 0 Å². The molecule has 0 saturated carbocycles. The number of nitrogens with zero attached hydrogens (tertiary/aromatic N) is 1. The molecule has 1 unspecified atom stereocenters. The molecule has 0 aliphatic carbocycles. The lowest BCUT2D eigenvalue weighted by molar-refractivity contribution is -0.121. The van der Waals surface area contributed by atoms with Gasteiger partial charge in [-0.05, 0) is 42.5 Å². The number of carbonyl (C=O) groups is 1. The fraction of sp³-hybridized carbons (Fsp3) is 0.381. The predicted octanol–water partition coefficient (Wildman–Crippen LogP) is 4.11. The Bertz CT molecular complexity index is 901. The highest BCUT2D eigenvalue weighted by atomic mass is 35.5. The van der Waals surface area contributed by atoms with Crippen molar-refractivity contribution < 1.29 is 13.2 Å². The van der Waals surface area contributed by atoms with Gasteiger partial charge in [-0.25, -0.2) is 8.42 Å². The second kappa shape index (κ2) is 9.94. The first-order valence-electron chi connectivity index (χ1n) is 9.24. The molecule has 2 rings (SSSR count). The molecule has 7 heteroatoms. The summed E-state index contributed by atoms with van der Waals surface area (Å²) in [6.07, 6.45) is 1.84. The lowest BCUT2D eigenvalue weighted by atomic mass is 10.0. The monoisotopic (exact) mass is 422 g/mol. The van der Waals surface area contributed by atoms with Crippen molar-refractivity contribution in [2.75, 3.05) is 23.7 Å². The molecule has 1 N–H and O–H groups in total. The van der Waals surface area contributed by atoms with Crippen molar-refractivity contribution >= 4 is 33.2 Å². The summed E-state index contributed by atoms with van der Waals surface area (Å²) in [6, 6.07) is 15.1. The molecule has 0 aliphatic heterocycles. The van der Waals surface area contributed by atoms with Gasteiger partial charge in [-0.3, -0.25) is 9.10 Å². The van der Waals surface area contributed by atoms with Gasteiger partial charge in [0.2, 0.25) is 15.9 Å². The number of benzene rings is 2. The number of aryl methyl sites for hydroxylation is 1. The summed E-state index contributed by atoms with van der Waals surface area (Å²) in [5, 5.41) is 3.40. The molecular weight excluding hydrogens is 396 g/mol. The lowest BCUT2D eigenvalue weighted by Gasteiger charge is -2.24. The Hall–Kier alpha value is -2.05. The average molecular weight is 423 g/mol. The third-order valence-corrected chi connectivity index (χ3v) is 5.99. The summed E-state index contributed by atoms with van der Waals surface area (Å²) in [5.74, 6) is 0.130. The van der Waals surface area contributed by atoms with Gasteiger partial charge in [0, 0.05) is 24.5 Å². The molecule has 0 aromatic heterocycles. The van der Waals surface area contributed by atoms with Crippen LogP contribution in [0.15, 0.2) is 48.5 Å². The first-order valence-corrected chi connectivity index (χ1v) is 11.5. The maximum atomic E-state index is 12.2. The molecule has 5 nitrogen and oxygen atoms in total. The highest BCUT2D eigenvalue weighted by Gasteiger charge is 2.20. The third kappa shape index (κ3) is 6.53. The number of rotatable bonds is 9. The Morgan fingerprint density at radius 1 is 1.18 bits per heavy atom. The molecule has 1 amide bonds. The van der Waals surface area contributed by atoms with E-state index in [4.69, 9.17) is 11.6 Å². The second-order valence-electron chi connectivity index (χ2n) is 6.99. The minimum atomic E-state index is -3.47. The molecule has 0 spiro atoms. The van der Waals surface area contributed by atoms with Gasteiger partial charge in [0.05, 0.1) is 11.9 Å². The van der Waals surface area contributed by atoms with Crippen LogP contribution in [0, 0.1) is 6.92 Å². The molecule has 2 aromatic rings. The van der Waals surface area contributed by atoms with Crippen molar-refractivity contribution in [1.29, 1.82) is 0 Å². The maximum Gasteiger partial charge on any atom is 0.232 e. The molecule has 1 atom stereocenters. The third-order valence-electron chi connectivity index (χ3n) is 4.58. The van der Waals surface area contributed by atoms with E-state index in [0.717, 1.165) is 11.8 Å². The number of halogens is 1. The van der Waals surface area contributed by atoms with Crippen LogP contribution < -0.4 is 9.62 Å². The number of hydrogen-bond acceptors (Lipinski definition) is 3. The number of amides is 1. The van der Waals surface area contributed by atoms with Crippen molar-refractivity contribution in [3.63, 3.8) is 0 Å². The Morgan fingerprint density at radius 2 is 1.86 bits per heavy atom. The van der Waals surface area contributed by atoms with Gasteiger partial charge >= 0.3 is 0 Å². The largest absolute Gasteiger partial charge is 0.356 e. The van der Waals surface area contributed by atoms with E-state index in [0.29, 0.717) is 23.7 Å². The number of carbonyl (C=O) groups excluding carboxylic acids is 1. The fourth-order valence-corrected chi connectivity index (χ4v) is 4.14. The Balaban J connectivity index is 1.90. The lowest BCUT2D eigenvalue weighted by Crippen LogP contribution is -2.33. The Morgan fingerprint density at radius 3 is 2.50 bits per heavy atom. The summed E-state index contributed by atoms with van der Waals surface area (Å²) in [7, 11) is -3.47. The van der Waals surface area contributed by atoms with Gasteiger partial charge in [-0.1, -0.05) is 54.9 Å². The fourth-order valence-electron chi connectivity index (χ4n) is 2.95. The summed E-state index contributed by atoms with van der Waals surface area (Å²) >= 11 is 6.03. The van der Waals surface area contributed by atoms with E-state index in [2.05, 4.69) is 12.2 Å². The molecule has 2 aromatic carbocycles. The summed E-state index contributed by atoms with van der Waals surface area (Å²) in [6.45, 7) is 4.66. The van der Waals surface area contributed by atoms with Gasteiger partial charge < -0.3 is 5.32 Å². The van der Waals surface area contributed by atoms with E-state index < -0.39 is 10.0 Å². The molecular formula is C21H27ClN2O3S. The maximum absolute atomic E-state index is 12.2. The van der Waals surface area contributed by atoms with Gasteiger partial charge in [-0.15, -0.1) is 0 Å². The molecule has 0 bridgehead atoms. The zero-order valence-electron chi connectivity index (χ0n) is 16.5. The smallest absolute Gasteiger partial charge is 0.232 e. The highest BCUT2D eigenvalue weighted by Crippen LogP contribution is 2.26. The van der Waals surface area contributed by atoms with Crippen molar-refractivity contribution in [3.05, 3.63) is 64.7 Å². The topological polar surface area (TPSA) is 66.5 Å². The molecule has 0 aliphatic rings. The molecule has 0 saturated heterocycles. The van der Waals surface area contributed by atoms with E-state index in [1.54, 1.807) is 18.2 Å². The quantitative estimate of drug-likeness (QED) is 0.661. The normalized spacial score (nSPS) is 12.4. The van der Waals surface area contributed by atoms with Crippen molar-refractivity contribution in [3.8, 4) is 0 Å². The van der Waals surface area contributed by atoms with Gasteiger partial charge in [0.15, 0.2) is 0 Å². The average Bonchev–Trinajstić information content (AvgIpc) is 2.65. The molecule has 0 heterocycles. The highest BCUT2D eigenvalue weighted by molar-refractivity contribution is 7.92. The molecule has 28 heavy (non-hydrogen) atoms. The minimum absolute atomic E-state index is 0.0842. The van der Waals surface area contributed by atoms with E-state index in [9.17, 15) is 13.2 Å². The zero-order chi connectivity index (χ0) is 20.7. The molecule has 0 fully saturated rings. The predicted molar refractivity (Wildman–Crippen MR) is 115 cm³/mol. The van der Waals surface area contributed by atoms with Crippen molar-refractivity contribution in [2.45, 2.75) is 32.6 Å². The minimum Gasteiger partial charge on any atom is -0.356 e. The van der Waals surface area contributed by atoms with Crippen LogP contribution in [0.2, 0.25) is 5.02 Å². The zero-order valence-corrected chi connectivity index (χ0v) is 18.1. The van der Waals surface area contributed by atoms with Crippen LogP contribution in [0.1, 0.15) is 36.8 Å². The number of anilines is 1. The van der Waals surface area contributed by atoms with E-state index in [1.165, 1.54) is 9.87 Å². The van der Waals surface area contributed by atoms with Crippen LogP contribution in [0.3, 0.4) is 0 Å². The molecule has 0 radical (unpaired) electrons. The van der Waals surface area contributed by atoms with Crippen LogP contribution in [-0.2, 0) is 14.8 Å². The summed E-state index contributed by atoms with van der Waals surface area (Å²) < 4.78 is 25.8. The first kappa shape index (κ1) is 22.2. The van der Waals surface area contributed by atoms with Crippen LogP contribution >= 0.6 is 11.6 Å². The van der Waals surface area contributed by atoms with E-state index in [1.807, 2.05) is 37.3 Å². The van der Waals surface area contributed by atoms with Crippen LogP contribution in [0.25, 0.3) is 0 Å². The van der Waals surface area contributed by atoms with E-state index in [-0.39, 0.29) is 24.8 Å². The van der Waals surface area contributed by atoms with Gasteiger partial charge in [-0.2, -0.15) is 0 Å². The van der Waals surface area contributed by atoms with Crippen molar-refractivity contribution in [2.24, 2.45) is 0 Å². The van der Waals surface area contributed by atoms with Gasteiger partial charge in [0.1, 0.15) is 0 Å². The number of hydrogen-bond donors (Lipinski definition) is 1. The van der Waals surface area contributed by atoms with Crippen LogP contribution in [-0.4, -0.2) is 33.7 Å². The first-order chi connectivity index (χ1) is 13.2. The summed E-state index contributed by atoms with van der Waals surface area (Å²) in [4.78, 5) is 12.2. The van der Waals surface area contributed by atoms with Gasteiger partial charge in [0.25, 0.3) is 0 Å². The van der Waals surface area contributed by atoms with Crippen LogP contribution in [0.4, 0.5) is 5.69 Å². The second-order valence-corrected chi connectivity index (χ2v) is 9.33. The standard InChI is InChI=1S/C21H27ClN2O3S/c1-16-11-12-19(22)14-20(16)24(28(3,26)27)13-7-10-21(25)23-15-17(2)18-8-5-4-6-9-18/h4-6,8-9,11-12,14,17H,7,10,13,15H2,1-3H3,(H,23,25). The Kier molecular flexibility index (Phi) is 7.89. The Labute approximate surface area is 172 Å². The van der Waals surface area contributed by atoms with E-state index >= 15 is 0 Å². The SMILES string of the molecule is Cc1ccc(Cl)cc1N(CCCC(=O)NCC(C)c1ccccc1)S(C)(=O)=O. The number of nitrogens with one attached hydrogen (secondary N) is 1. The van der Waals surface area contributed by atoms with Crippen molar-refractivity contribution in [1.82, 2.24) is 5.32 Å².